The molecule has 1 heterocycles. The number of likely N-dealkylation sites (tertiary alicyclic amines) is 1. The van der Waals surface area contributed by atoms with Crippen molar-refractivity contribution < 1.29 is 9.53 Å². The van der Waals surface area contributed by atoms with E-state index in [1.165, 1.54) is 11.1 Å². The summed E-state index contributed by atoms with van der Waals surface area (Å²) < 4.78 is 5.70. The van der Waals surface area contributed by atoms with Gasteiger partial charge in [0.25, 0.3) is 0 Å². The number of urea groups is 1. The molecule has 2 amide bonds. The number of benzene rings is 2. The summed E-state index contributed by atoms with van der Waals surface area (Å²) in [6.45, 7) is 7.41. The van der Waals surface area contributed by atoms with Gasteiger partial charge in [-0.15, -0.1) is 0 Å². The number of unbranched alkanes of at least 4 members (excludes halogenated alkanes) is 1. The Balaban J connectivity index is 1.37. The molecule has 0 saturated carbocycles. The van der Waals surface area contributed by atoms with Crippen LogP contribution in [0.1, 0.15) is 30.9 Å². The molecular formula is C23H31N3O2. The standard InChI is InChI=1S/C23H31N3O2/c1-3-4-14-28-22-11-7-10-20(15-22)25-23(27)26-16-21(17-26)24-13-12-19-9-6-5-8-18(19)2/h5-11,15,21,24H,3-4,12-14,16-17H2,1-2H3,(H,25,27). The van der Waals surface area contributed by atoms with Gasteiger partial charge in [0.15, 0.2) is 0 Å². The molecule has 0 atom stereocenters. The first-order valence-corrected chi connectivity index (χ1v) is 10.2. The molecule has 2 aromatic carbocycles. The summed E-state index contributed by atoms with van der Waals surface area (Å²) in [6, 6.07) is 16.4. The number of rotatable bonds is 9. The molecule has 0 radical (unpaired) electrons. The van der Waals surface area contributed by atoms with Crippen molar-refractivity contribution in [2.75, 3.05) is 31.6 Å². The number of aryl methyl sites for hydroxylation is 1. The third kappa shape index (κ3) is 5.73. The molecule has 0 bridgehead atoms. The van der Waals surface area contributed by atoms with E-state index in [1.807, 2.05) is 29.2 Å². The second kappa shape index (κ2) is 10.1. The van der Waals surface area contributed by atoms with E-state index in [2.05, 4.69) is 48.7 Å². The first-order valence-electron chi connectivity index (χ1n) is 10.2. The van der Waals surface area contributed by atoms with Crippen LogP contribution < -0.4 is 15.4 Å². The minimum absolute atomic E-state index is 0.0531. The minimum Gasteiger partial charge on any atom is -0.494 e. The number of nitrogens with zero attached hydrogens (tertiary/aromatic N) is 1. The summed E-state index contributed by atoms with van der Waals surface area (Å²) in [5.74, 6) is 0.797. The molecule has 2 aromatic rings. The van der Waals surface area contributed by atoms with Gasteiger partial charge in [0.2, 0.25) is 0 Å². The Hall–Kier alpha value is -2.53. The van der Waals surface area contributed by atoms with E-state index >= 15 is 0 Å². The first-order chi connectivity index (χ1) is 13.7. The molecule has 1 aliphatic rings. The predicted octanol–water partition coefficient (Wildman–Crippen LogP) is 4.22. The van der Waals surface area contributed by atoms with E-state index in [-0.39, 0.29) is 6.03 Å². The molecule has 1 saturated heterocycles. The number of carbonyl (C=O) groups excluding carboxylic acids is 1. The molecule has 28 heavy (non-hydrogen) atoms. The average Bonchev–Trinajstić information content (AvgIpc) is 2.65. The van der Waals surface area contributed by atoms with Crippen LogP contribution in [-0.2, 0) is 6.42 Å². The van der Waals surface area contributed by atoms with Crippen LogP contribution in [0.2, 0.25) is 0 Å². The van der Waals surface area contributed by atoms with Crippen molar-refractivity contribution in [3.63, 3.8) is 0 Å². The normalized spacial score (nSPS) is 13.9. The van der Waals surface area contributed by atoms with Crippen molar-refractivity contribution in [2.24, 2.45) is 0 Å². The summed E-state index contributed by atoms with van der Waals surface area (Å²) in [7, 11) is 0. The number of nitrogens with one attached hydrogen (secondary N) is 2. The van der Waals surface area contributed by atoms with Gasteiger partial charge in [0.05, 0.1) is 6.61 Å². The number of anilines is 1. The molecule has 5 nitrogen and oxygen atoms in total. The van der Waals surface area contributed by atoms with Crippen LogP contribution in [0.4, 0.5) is 10.5 Å². The number of hydrogen-bond donors (Lipinski definition) is 2. The lowest BCUT2D eigenvalue weighted by Gasteiger charge is -2.39. The Morgan fingerprint density at radius 3 is 2.79 bits per heavy atom. The van der Waals surface area contributed by atoms with Gasteiger partial charge >= 0.3 is 6.03 Å². The molecule has 1 aliphatic heterocycles. The Morgan fingerprint density at radius 2 is 2.00 bits per heavy atom. The van der Waals surface area contributed by atoms with E-state index in [9.17, 15) is 4.79 Å². The average molecular weight is 382 g/mol. The zero-order chi connectivity index (χ0) is 19.8. The topological polar surface area (TPSA) is 53.6 Å². The summed E-state index contributed by atoms with van der Waals surface area (Å²) >= 11 is 0. The van der Waals surface area contributed by atoms with Gasteiger partial charge in [-0.1, -0.05) is 43.7 Å². The van der Waals surface area contributed by atoms with Crippen molar-refractivity contribution >= 4 is 11.7 Å². The summed E-state index contributed by atoms with van der Waals surface area (Å²) in [4.78, 5) is 14.2. The number of amides is 2. The molecular weight excluding hydrogens is 350 g/mol. The SMILES string of the molecule is CCCCOc1cccc(NC(=O)N2CC(NCCc3ccccc3C)C2)c1. The van der Waals surface area contributed by atoms with Gasteiger partial charge in [-0.25, -0.2) is 4.79 Å². The number of carbonyl (C=O) groups is 1. The maximum absolute atomic E-state index is 12.4. The van der Waals surface area contributed by atoms with Gasteiger partial charge in [-0.05, 0) is 49.6 Å². The second-order valence-corrected chi connectivity index (χ2v) is 7.39. The Morgan fingerprint density at radius 1 is 1.18 bits per heavy atom. The van der Waals surface area contributed by atoms with Gasteiger partial charge in [0, 0.05) is 30.9 Å². The summed E-state index contributed by atoms with van der Waals surface area (Å²) in [5, 5.41) is 6.50. The van der Waals surface area contributed by atoms with Crippen molar-refractivity contribution in [3.05, 3.63) is 59.7 Å². The Bertz CT molecular complexity index is 772. The Kier molecular flexibility index (Phi) is 7.31. The highest BCUT2D eigenvalue weighted by Gasteiger charge is 2.30. The van der Waals surface area contributed by atoms with E-state index < -0.39 is 0 Å². The van der Waals surface area contributed by atoms with E-state index in [1.54, 1.807) is 0 Å². The van der Waals surface area contributed by atoms with Crippen molar-refractivity contribution in [1.82, 2.24) is 10.2 Å². The van der Waals surface area contributed by atoms with Crippen molar-refractivity contribution in [2.45, 2.75) is 39.2 Å². The molecule has 5 heteroatoms. The van der Waals surface area contributed by atoms with Crippen LogP contribution in [-0.4, -0.2) is 43.2 Å². The predicted molar refractivity (Wildman–Crippen MR) is 114 cm³/mol. The molecule has 1 fully saturated rings. The van der Waals surface area contributed by atoms with Gasteiger partial charge < -0.3 is 20.3 Å². The van der Waals surface area contributed by atoms with Crippen LogP contribution in [0.5, 0.6) is 5.75 Å². The maximum Gasteiger partial charge on any atom is 0.321 e. The third-order valence-electron chi connectivity index (χ3n) is 5.11. The molecule has 150 valence electrons. The largest absolute Gasteiger partial charge is 0.494 e. The maximum atomic E-state index is 12.4. The molecule has 0 aliphatic carbocycles. The molecule has 2 N–H and O–H groups in total. The van der Waals surface area contributed by atoms with E-state index in [0.717, 1.165) is 50.3 Å². The Labute approximate surface area is 168 Å². The van der Waals surface area contributed by atoms with Gasteiger partial charge in [0.1, 0.15) is 5.75 Å². The van der Waals surface area contributed by atoms with Crippen LogP contribution in [0, 0.1) is 6.92 Å². The monoisotopic (exact) mass is 381 g/mol. The summed E-state index contributed by atoms with van der Waals surface area (Å²) in [5.41, 5.74) is 3.49. The van der Waals surface area contributed by atoms with E-state index in [0.29, 0.717) is 12.6 Å². The highest BCUT2D eigenvalue weighted by Crippen LogP contribution is 2.19. The zero-order valence-corrected chi connectivity index (χ0v) is 16.9. The fourth-order valence-electron chi connectivity index (χ4n) is 3.28. The van der Waals surface area contributed by atoms with Crippen LogP contribution >= 0.6 is 0 Å². The van der Waals surface area contributed by atoms with E-state index in [4.69, 9.17) is 4.74 Å². The highest BCUT2D eigenvalue weighted by atomic mass is 16.5. The fraction of sp³-hybridized carbons (Fsp3) is 0.435. The third-order valence-corrected chi connectivity index (χ3v) is 5.11. The molecule has 3 rings (SSSR count). The van der Waals surface area contributed by atoms with Gasteiger partial charge in [-0.3, -0.25) is 0 Å². The smallest absolute Gasteiger partial charge is 0.321 e. The minimum atomic E-state index is -0.0531. The highest BCUT2D eigenvalue weighted by molar-refractivity contribution is 5.90. The zero-order valence-electron chi connectivity index (χ0n) is 16.9. The van der Waals surface area contributed by atoms with Crippen molar-refractivity contribution in [3.8, 4) is 5.75 Å². The molecule has 0 unspecified atom stereocenters. The lowest BCUT2D eigenvalue weighted by Crippen LogP contribution is -2.61. The lowest BCUT2D eigenvalue weighted by atomic mass is 10.1. The second-order valence-electron chi connectivity index (χ2n) is 7.39. The van der Waals surface area contributed by atoms with Crippen LogP contribution in [0.25, 0.3) is 0 Å². The number of ether oxygens (including phenoxy) is 1. The first kappa shape index (κ1) is 20.2. The lowest BCUT2D eigenvalue weighted by molar-refractivity contribution is 0.149. The number of hydrogen-bond acceptors (Lipinski definition) is 3. The van der Waals surface area contributed by atoms with Crippen LogP contribution in [0.15, 0.2) is 48.5 Å². The molecule has 0 aromatic heterocycles. The van der Waals surface area contributed by atoms with Gasteiger partial charge in [-0.2, -0.15) is 0 Å². The van der Waals surface area contributed by atoms with Crippen molar-refractivity contribution in [1.29, 1.82) is 0 Å². The quantitative estimate of drug-likeness (QED) is 0.640. The summed E-state index contributed by atoms with van der Waals surface area (Å²) in [6.07, 6.45) is 3.15. The van der Waals surface area contributed by atoms with Crippen LogP contribution in [0.3, 0.4) is 0 Å². The molecule has 0 spiro atoms. The fourth-order valence-corrected chi connectivity index (χ4v) is 3.28.